The lowest BCUT2D eigenvalue weighted by Gasteiger charge is -2.39. The molecular weight excluding hydrogens is 304 g/mol. The fourth-order valence-electron chi connectivity index (χ4n) is 3.72. The zero-order valence-electron chi connectivity index (χ0n) is 14.0. The minimum Gasteiger partial charge on any atom is -0.481 e. The number of amides is 1. The summed E-state index contributed by atoms with van der Waals surface area (Å²) >= 11 is 0. The lowest BCUT2D eigenvalue weighted by Crippen LogP contribution is -2.50. The van der Waals surface area contributed by atoms with Crippen molar-refractivity contribution in [3.63, 3.8) is 0 Å². The van der Waals surface area contributed by atoms with Crippen molar-refractivity contribution in [2.45, 2.75) is 38.6 Å². The second-order valence-electron chi connectivity index (χ2n) is 7.31. The van der Waals surface area contributed by atoms with E-state index in [0.29, 0.717) is 19.0 Å². The number of carbonyl (C=O) groups is 2. The third kappa shape index (κ3) is 4.35. The Bertz CT molecular complexity index is 586. The highest BCUT2D eigenvalue weighted by atomic mass is 16.4. The van der Waals surface area contributed by atoms with Crippen LogP contribution in [0.5, 0.6) is 0 Å². The van der Waals surface area contributed by atoms with Crippen molar-refractivity contribution in [2.24, 2.45) is 11.3 Å². The maximum absolute atomic E-state index is 12.2. The molecule has 1 saturated heterocycles. The first-order valence-electron chi connectivity index (χ1n) is 8.84. The number of benzene rings is 1. The zero-order valence-corrected chi connectivity index (χ0v) is 14.0. The number of nitrogens with one attached hydrogen (secondary N) is 1. The maximum atomic E-state index is 12.2. The number of nitrogens with zero attached hydrogens (tertiary/aromatic N) is 1. The van der Waals surface area contributed by atoms with Crippen LogP contribution in [0.1, 0.15) is 37.7 Å². The summed E-state index contributed by atoms with van der Waals surface area (Å²) in [5.41, 5.74) is 0.414. The summed E-state index contributed by atoms with van der Waals surface area (Å²) < 4.78 is 0. The van der Waals surface area contributed by atoms with E-state index in [1.54, 1.807) is 0 Å². The van der Waals surface area contributed by atoms with Crippen LogP contribution in [-0.2, 0) is 16.1 Å². The number of piperidine rings is 1. The van der Waals surface area contributed by atoms with Crippen molar-refractivity contribution in [3.8, 4) is 0 Å². The molecule has 0 radical (unpaired) electrons. The monoisotopic (exact) mass is 330 g/mol. The first-order chi connectivity index (χ1) is 11.6. The molecule has 1 aromatic rings. The molecular formula is C19H26N2O3. The summed E-state index contributed by atoms with van der Waals surface area (Å²) in [7, 11) is 0. The van der Waals surface area contributed by atoms with E-state index >= 15 is 0 Å². The van der Waals surface area contributed by atoms with Crippen LogP contribution in [0, 0.1) is 11.3 Å². The predicted molar refractivity (Wildman–Crippen MR) is 91.4 cm³/mol. The summed E-state index contributed by atoms with van der Waals surface area (Å²) in [5, 5.41) is 12.7. The summed E-state index contributed by atoms with van der Waals surface area (Å²) in [6, 6.07) is 9.80. The SMILES string of the molecule is O=C(CN1CCCC(CC2CC2)(C(=O)O)C1)NCc1ccccc1. The van der Waals surface area contributed by atoms with Crippen molar-refractivity contribution in [1.29, 1.82) is 0 Å². The lowest BCUT2D eigenvalue weighted by atomic mass is 9.75. The predicted octanol–water partition coefficient (Wildman–Crippen LogP) is 2.27. The third-order valence-electron chi connectivity index (χ3n) is 5.19. The van der Waals surface area contributed by atoms with Gasteiger partial charge in [-0.1, -0.05) is 43.2 Å². The van der Waals surface area contributed by atoms with Gasteiger partial charge in [-0.25, -0.2) is 0 Å². The van der Waals surface area contributed by atoms with Crippen LogP contribution >= 0.6 is 0 Å². The minimum absolute atomic E-state index is 0.0357. The second-order valence-corrected chi connectivity index (χ2v) is 7.31. The van der Waals surface area contributed by atoms with E-state index in [9.17, 15) is 14.7 Å². The normalized spacial score (nSPS) is 24.5. The van der Waals surface area contributed by atoms with Gasteiger partial charge in [0.2, 0.25) is 5.91 Å². The minimum atomic E-state index is -0.691. The largest absolute Gasteiger partial charge is 0.481 e. The molecule has 1 unspecified atom stereocenters. The average Bonchev–Trinajstić information content (AvgIpc) is 3.38. The number of likely N-dealkylation sites (tertiary alicyclic amines) is 1. The molecule has 130 valence electrons. The van der Waals surface area contributed by atoms with Gasteiger partial charge in [-0.3, -0.25) is 14.5 Å². The Kier molecular flexibility index (Phi) is 5.19. The molecule has 2 fully saturated rings. The Morgan fingerprint density at radius 3 is 2.67 bits per heavy atom. The molecule has 2 aliphatic rings. The molecule has 24 heavy (non-hydrogen) atoms. The van der Waals surface area contributed by atoms with Crippen molar-refractivity contribution >= 4 is 11.9 Å². The fraction of sp³-hybridized carbons (Fsp3) is 0.579. The van der Waals surface area contributed by atoms with Crippen LogP contribution in [0.15, 0.2) is 30.3 Å². The standard InChI is InChI=1S/C19H26N2O3/c22-17(20-12-16-5-2-1-3-6-16)13-21-10-4-9-19(14-21,18(23)24)11-15-7-8-15/h1-3,5-6,15H,4,7-14H2,(H,20,22)(H,23,24). The molecule has 1 aromatic carbocycles. The summed E-state index contributed by atoms with van der Waals surface area (Å²) in [6.07, 6.45) is 4.68. The molecule has 2 N–H and O–H groups in total. The Balaban J connectivity index is 1.52. The van der Waals surface area contributed by atoms with E-state index in [4.69, 9.17) is 0 Å². The van der Waals surface area contributed by atoms with Gasteiger partial charge in [0.25, 0.3) is 0 Å². The average molecular weight is 330 g/mol. The van der Waals surface area contributed by atoms with Gasteiger partial charge in [-0.15, -0.1) is 0 Å². The highest BCUT2D eigenvalue weighted by Crippen LogP contribution is 2.44. The lowest BCUT2D eigenvalue weighted by molar-refractivity contribution is -0.154. The molecule has 5 heteroatoms. The molecule has 0 bridgehead atoms. The van der Waals surface area contributed by atoms with Crippen LogP contribution in [0.3, 0.4) is 0 Å². The van der Waals surface area contributed by atoms with Gasteiger partial charge in [0.05, 0.1) is 12.0 Å². The number of carbonyl (C=O) groups excluding carboxylic acids is 1. The number of rotatable bonds is 7. The van der Waals surface area contributed by atoms with Gasteiger partial charge in [-0.2, -0.15) is 0 Å². The van der Waals surface area contributed by atoms with Gasteiger partial charge in [0, 0.05) is 13.1 Å². The van der Waals surface area contributed by atoms with Gasteiger partial charge in [0.1, 0.15) is 0 Å². The highest BCUT2D eigenvalue weighted by molar-refractivity contribution is 5.78. The first kappa shape index (κ1) is 17.0. The zero-order chi connectivity index (χ0) is 17.0. The third-order valence-corrected chi connectivity index (χ3v) is 5.19. The van der Waals surface area contributed by atoms with Crippen LogP contribution in [-0.4, -0.2) is 41.5 Å². The number of hydrogen-bond acceptors (Lipinski definition) is 3. The van der Waals surface area contributed by atoms with Gasteiger partial charge < -0.3 is 10.4 Å². The number of carboxylic acid groups (broad SMARTS) is 1. The Hall–Kier alpha value is -1.88. The van der Waals surface area contributed by atoms with E-state index in [0.717, 1.165) is 44.2 Å². The van der Waals surface area contributed by atoms with E-state index in [2.05, 4.69) is 5.32 Å². The smallest absolute Gasteiger partial charge is 0.310 e. The van der Waals surface area contributed by atoms with E-state index in [1.807, 2.05) is 35.2 Å². The van der Waals surface area contributed by atoms with Crippen molar-refractivity contribution < 1.29 is 14.7 Å². The maximum Gasteiger partial charge on any atom is 0.310 e. The molecule has 0 aromatic heterocycles. The highest BCUT2D eigenvalue weighted by Gasteiger charge is 2.45. The molecule has 1 atom stereocenters. The number of aliphatic carboxylic acids is 1. The number of hydrogen-bond donors (Lipinski definition) is 2. The Morgan fingerprint density at radius 1 is 1.25 bits per heavy atom. The van der Waals surface area contributed by atoms with Crippen molar-refractivity contribution in [3.05, 3.63) is 35.9 Å². The quantitative estimate of drug-likeness (QED) is 0.805. The van der Waals surface area contributed by atoms with Crippen LogP contribution < -0.4 is 5.32 Å². The molecule has 3 rings (SSSR count). The van der Waals surface area contributed by atoms with E-state index < -0.39 is 11.4 Å². The van der Waals surface area contributed by atoms with Crippen LogP contribution in [0.4, 0.5) is 0 Å². The molecule has 1 amide bonds. The Labute approximate surface area is 143 Å². The molecule has 1 aliphatic carbocycles. The summed E-state index contributed by atoms with van der Waals surface area (Å²) in [5.74, 6) is -0.150. The molecule has 1 heterocycles. The fourth-order valence-corrected chi connectivity index (χ4v) is 3.72. The van der Waals surface area contributed by atoms with Crippen molar-refractivity contribution in [1.82, 2.24) is 10.2 Å². The second kappa shape index (κ2) is 7.34. The van der Waals surface area contributed by atoms with E-state index in [1.165, 1.54) is 0 Å². The summed E-state index contributed by atoms with van der Waals surface area (Å²) in [4.78, 5) is 26.1. The molecule has 5 nitrogen and oxygen atoms in total. The topological polar surface area (TPSA) is 69.6 Å². The molecule has 1 saturated carbocycles. The van der Waals surface area contributed by atoms with E-state index in [-0.39, 0.29) is 12.5 Å². The first-order valence-corrected chi connectivity index (χ1v) is 8.84. The van der Waals surface area contributed by atoms with Crippen LogP contribution in [0.2, 0.25) is 0 Å². The van der Waals surface area contributed by atoms with Crippen LogP contribution in [0.25, 0.3) is 0 Å². The Morgan fingerprint density at radius 2 is 2.00 bits per heavy atom. The van der Waals surface area contributed by atoms with Gasteiger partial charge >= 0.3 is 5.97 Å². The summed E-state index contributed by atoms with van der Waals surface area (Å²) in [6.45, 7) is 2.10. The number of carboxylic acids is 1. The van der Waals surface area contributed by atoms with Gasteiger partial charge in [-0.05, 0) is 37.3 Å². The van der Waals surface area contributed by atoms with Gasteiger partial charge in [0.15, 0.2) is 0 Å². The molecule has 0 spiro atoms. The molecule has 1 aliphatic heterocycles. The van der Waals surface area contributed by atoms with Crippen molar-refractivity contribution in [2.75, 3.05) is 19.6 Å².